The third-order valence-corrected chi connectivity index (χ3v) is 5.34. The maximum atomic E-state index is 13.0. The van der Waals surface area contributed by atoms with Crippen molar-refractivity contribution < 1.29 is 24.0 Å². The molecule has 0 aromatic heterocycles. The second kappa shape index (κ2) is 4.66. The third-order valence-electron chi connectivity index (χ3n) is 5.34. The highest BCUT2D eigenvalue weighted by Gasteiger charge is 2.70. The van der Waals surface area contributed by atoms with Crippen molar-refractivity contribution in [3.05, 3.63) is 40.5 Å². The van der Waals surface area contributed by atoms with Gasteiger partial charge in [0, 0.05) is 6.07 Å². The molecule has 1 aromatic rings. The highest BCUT2D eigenvalue weighted by atomic mass is 16.6. The van der Waals surface area contributed by atoms with Crippen LogP contribution < -0.4 is 9.64 Å². The van der Waals surface area contributed by atoms with Gasteiger partial charge in [-0.1, -0.05) is 12.2 Å². The lowest BCUT2D eigenvalue weighted by atomic mass is 9.73. The number of carbonyl (C=O) groups excluding carboxylic acids is 2. The summed E-state index contributed by atoms with van der Waals surface area (Å²) in [4.78, 5) is 37.5. The van der Waals surface area contributed by atoms with Gasteiger partial charge in [0.1, 0.15) is 5.75 Å². The summed E-state index contributed by atoms with van der Waals surface area (Å²) in [5.74, 6) is -1.88. The molecule has 2 saturated heterocycles. The number of amides is 2. The van der Waals surface area contributed by atoms with E-state index in [1.807, 2.05) is 12.2 Å². The number of carbonyl (C=O) groups is 2. The van der Waals surface area contributed by atoms with Crippen molar-refractivity contribution in [3.8, 4) is 5.75 Å². The van der Waals surface area contributed by atoms with Crippen LogP contribution in [0.1, 0.15) is 13.8 Å². The van der Waals surface area contributed by atoms with E-state index in [0.717, 1.165) is 4.90 Å². The summed E-state index contributed by atoms with van der Waals surface area (Å²) in [5, 5.41) is 10.9. The van der Waals surface area contributed by atoms with Gasteiger partial charge in [-0.2, -0.15) is 0 Å². The Morgan fingerprint density at radius 3 is 2.20 bits per heavy atom. The number of ether oxygens (including phenoxy) is 2. The van der Waals surface area contributed by atoms with E-state index in [1.165, 1.54) is 25.3 Å². The van der Waals surface area contributed by atoms with Gasteiger partial charge >= 0.3 is 0 Å². The van der Waals surface area contributed by atoms with Crippen molar-refractivity contribution in [2.75, 3.05) is 12.0 Å². The number of hydrogen-bond donors (Lipinski definition) is 0. The minimum Gasteiger partial charge on any atom is -0.494 e. The first-order valence-electron chi connectivity index (χ1n) is 7.83. The molecular formula is C17H16N2O6. The molecule has 0 N–H and O–H groups in total. The predicted molar refractivity (Wildman–Crippen MR) is 86.2 cm³/mol. The van der Waals surface area contributed by atoms with Gasteiger partial charge in [-0.15, -0.1) is 0 Å². The number of non-ortho nitro benzene ring substituents is 1. The van der Waals surface area contributed by atoms with Crippen LogP contribution in [-0.4, -0.2) is 35.0 Å². The SMILES string of the molecule is COc1cc([N+](=O)[O-])ccc1N1C(=O)[C@@H]2[C@H](C1=O)[C@@]1(C)C=C[C@@]2(C)O1. The Bertz CT molecular complexity index is 829. The van der Waals surface area contributed by atoms with Crippen LogP contribution in [0.3, 0.4) is 0 Å². The second-order valence-corrected chi connectivity index (χ2v) is 6.88. The molecule has 0 saturated carbocycles. The van der Waals surface area contributed by atoms with Crippen LogP contribution in [0.4, 0.5) is 11.4 Å². The fourth-order valence-electron chi connectivity index (χ4n) is 4.23. The summed E-state index contributed by atoms with van der Waals surface area (Å²) in [6, 6.07) is 3.82. The molecule has 3 heterocycles. The molecule has 0 aliphatic carbocycles. The molecule has 3 aliphatic heterocycles. The average molecular weight is 344 g/mol. The van der Waals surface area contributed by atoms with Gasteiger partial charge in [0.15, 0.2) is 0 Å². The Kier molecular flexibility index (Phi) is 2.94. The van der Waals surface area contributed by atoms with Crippen molar-refractivity contribution in [2.24, 2.45) is 11.8 Å². The van der Waals surface area contributed by atoms with Crippen molar-refractivity contribution in [1.82, 2.24) is 0 Å². The van der Waals surface area contributed by atoms with E-state index >= 15 is 0 Å². The molecule has 1 aromatic carbocycles. The third kappa shape index (κ3) is 1.85. The van der Waals surface area contributed by atoms with E-state index in [0.29, 0.717) is 0 Å². The Morgan fingerprint density at radius 2 is 1.72 bits per heavy atom. The number of rotatable bonds is 3. The first-order chi connectivity index (χ1) is 11.7. The monoisotopic (exact) mass is 344 g/mol. The molecule has 0 unspecified atom stereocenters. The topological polar surface area (TPSA) is 99.0 Å². The first kappa shape index (κ1) is 15.8. The van der Waals surface area contributed by atoms with Crippen LogP contribution in [-0.2, 0) is 14.3 Å². The van der Waals surface area contributed by atoms with E-state index in [4.69, 9.17) is 9.47 Å². The molecule has 2 bridgehead atoms. The quantitative estimate of drug-likeness (QED) is 0.359. The molecular weight excluding hydrogens is 328 g/mol. The van der Waals surface area contributed by atoms with Crippen LogP contribution in [0, 0.1) is 22.0 Å². The second-order valence-electron chi connectivity index (χ2n) is 6.88. The molecule has 0 radical (unpaired) electrons. The van der Waals surface area contributed by atoms with E-state index < -0.39 is 28.0 Å². The maximum absolute atomic E-state index is 13.0. The summed E-state index contributed by atoms with van der Waals surface area (Å²) in [6.07, 6.45) is 3.66. The van der Waals surface area contributed by atoms with Crippen LogP contribution in [0.5, 0.6) is 5.75 Å². The molecule has 130 valence electrons. The van der Waals surface area contributed by atoms with Crippen LogP contribution in [0.25, 0.3) is 0 Å². The van der Waals surface area contributed by atoms with Gasteiger partial charge in [-0.05, 0) is 19.9 Å². The highest BCUT2D eigenvalue weighted by molar-refractivity contribution is 6.24. The average Bonchev–Trinajstić information content (AvgIpc) is 3.11. The van der Waals surface area contributed by atoms with Gasteiger partial charge in [-0.25, -0.2) is 4.90 Å². The fraction of sp³-hybridized carbons (Fsp3) is 0.412. The lowest BCUT2D eigenvalue weighted by Gasteiger charge is -2.26. The standard InChI is InChI=1S/C17H16N2O6/c1-16-6-7-17(2,25-16)13-12(16)14(20)18(15(13)21)10-5-4-9(19(22)23)8-11(10)24-3/h4-8,12-13H,1-3H3/t12-,13+,16-,17-/m1/s1. The van der Waals surface area contributed by atoms with E-state index in [-0.39, 0.29) is 28.9 Å². The zero-order chi connectivity index (χ0) is 18.1. The molecule has 4 rings (SSSR count). The van der Waals surface area contributed by atoms with E-state index in [9.17, 15) is 19.7 Å². The summed E-state index contributed by atoms with van der Waals surface area (Å²) in [6.45, 7) is 3.59. The molecule has 25 heavy (non-hydrogen) atoms. The van der Waals surface area contributed by atoms with Gasteiger partial charge < -0.3 is 9.47 Å². The largest absolute Gasteiger partial charge is 0.494 e. The zero-order valence-electron chi connectivity index (χ0n) is 13.9. The van der Waals surface area contributed by atoms with Gasteiger partial charge in [0.2, 0.25) is 11.8 Å². The van der Waals surface area contributed by atoms with Crippen LogP contribution >= 0.6 is 0 Å². The lowest BCUT2D eigenvalue weighted by molar-refractivity contribution is -0.384. The highest BCUT2D eigenvalue weighted by Crippen LogP contribution is 2.58. The molecule has 0 spiro atoms. The number of methoxy groups -OCH3 is 1. The number of imide groups is 1. The Morgan fingerprint density at radius 1 is 1.16 bits per heavy atom. The van der Waals surface area contributed by atoms with Crippen LogP contribution in [0.2, 0.25) is 0 Å². The maximum Gasteiger partial charge on any atom is 0.273 e. The molecule has 4 atom stereocenters. The molecule has 3 aliphatic rings. The van der Waals surface area contributed by atoms with Gasteiger partial charge in [-0.3, -0.25) is 19.7 Å². The Labute approximate surface area is 143 Å². The smallest absolute Gasteiger partial charge is 0.273 e. The molecule has 8 nitrogen and oxygen atoms in total. The summed E-state index contributed by atoms with van der Waals surface area (Å²) < 4.78 is 11.1. The Balaban J connectivity index is 1.80. The van der Waals surface area contributed by atoms with Crippen LogP contribution in [0.15, 0.2) is 30.4 Å². The lowest BCUT2D eigenvalue weighted by Crippen LogP contribution is -2.39. The first-order valence-corrected chi connectivity index (χ1v) is 7.83. The Hall–Kier alpha value is -2.74. The normalized spacial score (nSPS) is 35.4. The van der Waals surface area contributed by atoms with Crippen molar-refractivity contribution in [1.29, 1.82) is 0 Å². The van der Waals surface area contributed by atoms with Gasteiger partial charge in [0.25, 0.3) is 5.69 Å². The molecule has 2 fully saturated rings. The number of nitrogens with zero attached hydrogens (tertiary/aromatic N) is 2. The minimum absolute atomic E-state index is 0.104. The van der Waals surface area contributed by atoms with E-state index in [1.54, 1.807) is 13.8 Å². The number of nitro groups is 1. The number of fused-ring (bicyclic) bond motifs is 5. The minimum atomic E-state index is -0.824. The predicted octanol–water partition coefficient (Wildman–Crippen LogP) is 1.83. The number of anilines is 1. The summed E-state index contributed by atoms with van der Waals surface area (Å²) in [5.41, 5.74) is -1.61. The van der Waals surface area contributed by atoms with Gasteiger partial charge in [0.05, 0.1) is 46.8 Å². The number of benzene rings is 1. The van der Waals surface area contributed by atoms with Crippen molar-refractivity contribution >= 4 is 23.2 Å². The summed E-state index contributed by atoms with van der Waals surface area (Å²) >= 11 is 0. The molecule has 2 amide bonds. The zero-order valence-corrected chi connectivity index (χ0v) is 13.9. The van der Waals surface area contributed by atoms with Crippen molar-refractivity contribution in [2.45, 2.75) is 25.0 Å². The number of hydrogen-bond acceptors (Lipinski definition) is 6. The molecule has 8 heteroatoms. The summed E-state index contributed by atoms with van der Waals surface area (Å²) in [7, 11) is 1.34. The van der Waals surface area contributed by atoms with E-state index in [2.05, 4.69) is 0 Å². The number of nitro benzene ring substituents is 1. The fourth-order valence-corrected chi connectivity index (χ4v) is 4.23. The van der Waals surface area contributed by atoms with Crippen molar-refractivity contribution in [3.63, 3.8) is 0 Å².